The summed E-state index contributed by atoms with van der Waals surface area (Å²) in [4.78, 5) is 21.4. The zero-order chi connectivity index (χ0) is 20.4. The van der Waals surface area contributed by atoms with Gasteiger partial charge in [0.1, 0.15) is 11.3 Å². The van der Waals surface area contributed by atoms with E-state index in [0.29, 0.717) is 19.0 Å². The summed E-state index contributed by atoms with van der Waals surface area (Å²) in [6.45, 7) is 2.49. The second-order valence-electron chi connectivity index (χ2n) is 8.75. The molecule has 2 heterocycles. The highest BCUT2D eigenvalue weighted by atomic mass is 16.5. The number of benzene rings is 1. The summed E-state index contributed by atoms with van der Waals surface area (Å²) in [5, 5.41) is 9.67. The number of hydrogen-bond acceptors (Lipinski definition) is 6. The van der Waals surface area contributed by atoms with Crippen LogP contribution < -0.4 is 9.64 Å². The van der Waals surface area contributed by atoms with Gasteiger partial charge >= 0.3 is 0 Å². The van der Waals surface area contributed by atoms with E-state index >= 15 is 0 Å². The highest BCUT2D eigenvalue weighted by Crippen LogP contribution is 2.41. The van der Waals surface area contributed by atoms with E-state index in [9.17, 15) is 9.90 Å². The van der Waals surface area contributed by atoms with Crippen molar-refractivity contribution in [1.82, 2.24) is 9.88 Å². The lowest BCUT2D eigenvalue weighted by Gasteiger charge is -2.43. The van der Waals surface area contributed by atoms with Gasteiger partial charge < -0.3 is 24.1 Å². The fourth-order valence-electron chi connectivity index (χ4n) is 4.60. The number of oxazole rings is 1. The molecule has 158 valence electrons. The fourth-order valence-corrected chi connectivity index (χ4v) is 4.60. The molecule has 29 heavy (non-hydrogen) atoms. The summed E-state index contributed by atoms with van der Waals surface area (Å²) < 4.78 is 11.2. The number of ether oxygens (including phenoxy) is 1. The average Bonchev–Trinajstić information content (AvgIpc) is 3.14. The predicted molar refractivity (Wildman–Crippen MR) is 111 cm³/mol. The third-order valence-corrected chi connectivity index (χ3v) is 6.58. The monoisotopic (exact) mass is 401 g/mol. The molecule has 2 aromatic rings. The minimum absolute atomic E-state index is 0.0672. The van der Waals surface area contributed by atoms with Gasteiger partial charge in [-0.05, 0) is 43.7 Å². The quantitative estimate of drug-likeness (QED) is 0.768. The van der Waals surface area contributed by atoms with Gasteiger partial charge in [0, 0.05) is 44.6 Å². The van der Waals surface area contributed by atoms with E-state index < -0.39 is 0 Å². The van der Waals surface area contributed by atoms with Crippen LogP contribution in [0.3, 0.4) is 0 Å². The van der Waals surface area contributed by atoms with Crippen molar-refractivity contribution in [1.29, 1.82) is 0 Å². The molecule has 1 unspecified atom stereocenters. The minimum Gasteiger partial charge on any atom is -0.497 e. The van der Waals surface area contributed by atoms with Crippen LogP contribution in [-0.2, 0) is 4.79 Å². The van der Waals surface area contributed by atoms with E-state index in [2.05, 4.69) is 9.88 Å². The van der Waals surface area contributed by atoms with Gasteiger partial charge in [0.2, 0.25) is 5.91 Å². The zero-order valence-electron chi connectivity index (χ0n) is 17.4. The van der Waals surface area contributed by atoms with Crippen LogP contribution in [0.1, 0.15) is 38.5 Å². The first-order valence-electron chi connectivity index (χ1n) is 10.6. The zero-order valence-corrected chi connectivity index (χ0v) is 17.4. The first-order chi connectivity index (χ1) is 14.0. The maximum Gasteiger partial charge on any atom is 0.298 e. The number of carbonyl (C=O) groups excluding carboxylic acids is 1. The Hall–Kier alpha value is -2.28. The van der Waals surface area contributed by atoms with Crippen LogP contribution >= 0.6 is 0 Å². The van der Waals surface area contributed by atoms with Crippen molar-refractivity contribution in [3.63, 3.8) is 0 Å². The molecule has 7 heteroatoms. The van der Waals surface area contributed by atoms with Gasteiger partial charge in [0.05, 0.1) is 13.7 Å². The first kappa shape index (κ1) is 20.0. The Morgan fingerprint density at radius 2 is 2.24 bits per heavy atom. The van der Waals surface area contributed by atoms with Crippen LogP contribution in [0.5, 0.6) is 5.75 Å². The second kappa shape index (κ2) is 8.22. The summed E-state index contributed by atoms with van der Waals surface area (Å²) in [5.74, 6) is 1.21. The minimum atomic E-state index is -0.0672. The molecule has 0 spiro atoms. The van der Waals surface area contributed by atoms with Crippen molar-refractivity contribution in [2.24, 2.45) is 11.3 Å². The molecule has 4 rings (SSSR count). The first-order valence-corrected chi connectivity index (χ1v) is 10.6. The van der Waals surface area contributed by atoms with Gasteiger partial charge in [0.15, 0.2) is 5.58 Å². The lowest BCUT2D eigenvalue weighted by atomic mass is 9.69. The molecule has 1 N–H and O–H groups in total. The molecule has 1 aromatic heterocycles. The van der Waals surface area contributed by atoms with E-state index in [-0.39, 0.29) is 23.8 Å². The Balaban J connectivity index is 1.37. The maximum absolute atomic E-state index is 12.8. The SMILES string of the molecule is COc1ccc2oc(N3CCCC(CC(=O)N(C)CC4(CO)CCC4)C3)nc2c1. The number of hydrogen-bond donors (Lipinski definition) is 1. The highest BCUT2D eigenvalue weighted by molar-refractivity contribution is 5.77. The molecule has 2 aliphatic rings. The van der Waals surface area contributed by atoms with Crippen molar-refractivity contribution < 1.29 is 19.1 Å². The number of nitrogens with zero attached hydrogens (tertiary/aromatic N) is 3. The third-order valence-electron chi connectivity index (χ3n) is 6.58. The van der Waals surface area contributed by atoms with E-state index in [0.717, 1.165) is 62.0 Å². The molecular formula is C22H31N3O4. The second-order valence-corrected chi connectivity index (χ2v) is 8.75. The molecule has 2 fully saturated rings. The number of methoxy groups -OCH3 is 1. The third kappa shape index (κ3) is 4.20. The van der Waals surface area contributed by atoms with Gasteiger partial charge in [-0.3, -0.25) is 4.79 Å². The lowest BCUT2D eigenvalue weighted by molar-refractivity contribution is -0.134. The van der Waals surface area contributed by atoms with Crippen LogP contribution in [0.25, 0.3) is 11.1 Å². The van der Waals surface area contributed by atoms with Crippen LogP contribution in [0, 0.1) is 11.3 Å². The number of amides is 1. The molecule has 1 aromatic carbocycles. The summed E-state index contributed by atoms with van der Waals surface area (Å²) in [7, 11) is 3.51. The van der Waals surface area contributed by atoms with Crippen molar-refractivity contribution >= 4 is 23.0 Å². The van der Waals surface area contributed by atoms with Gasteiger partial charge in [-0.1, -0.05) is 6.42 Å². The molecule has 0 bridgehead atoms. The molecule has 1 aliphatic carbocycles. The van der Waals surface area contributed by atoms with Crippen LogP contribution in [0.4, 0.5) is 6.01 Å². The topological polar surface area (TPSA) is 79.0 Å². The molecule has 1 aliphatic heterocycles. The van der Waals surface area contributed by atoms with Crippen molar-refractivity contribution in [2.75, 3.05) is 45.3 Å². The number of carbonyl (C=O) groups is 1. The standard InChI is InChI=1S/C22H31N3O4/c1-24(14-22(15-26)8-4-9-22)20(27)11-16-5-3-10-25(13-16)21-23-18-12-17(28-2)6-7-19(18)29-21/h6-7,12,16,26H,3-5,8-11,13-15H2,1-2H3. The predicted octanol–water partition coefficient (Wildman–Crippen LogP) is 3.06. The molecule has 0 radical (unpaired) electrons. The van der Waals surface area contributed by atoms with Crippen LogP contribution in [-0.4, -0.2) is 61.3 Å². The summed E-state index contributed by atoms with van der Waals surface area (Å²) in [6, 6.07) is 6.24. The summed E-state index contributed by atoms with van der Waals surface area (Å²) in [6.07, 6.45) is 5.76. The number of rotatable bonds is 7. The molecule has 1 saturated heterocycles. The number of fused-ring (bicyclic) bond motifs is 1. The Morgan fingerprint density at radius 3 is 2.93 bits per heavy atom. The summed E-state index contributed by atoms with van der Waals surface area (Å²) >= 11 is 0. The fraction of sp³-hybridized carbons (Fsp3) is 0.636. The lowest BCUT2D eigenvalue weighted by Crippen LogP contribution is -2.46. The average molecular weight is 402 g/mol. The van der Waals surface area contributed by atoms with Crippen LogP contribution in [0.15, 0.2) is 22.6 Å². The number of aromatic nitrogens is 1. The van der Waals surface area contributed by atoms with Crippen molar-refractivity contribution in [3.05, 3.63) is 18.2 Å². The smallest absolute Gasteiger partial charge is 0.298 e. The van der Waals surface area contributed by atoms with E-state index in [1.165, 1.54) is 0 Å². The molecule has 1 atom stereocenters. The normalized spacial score (nSPS) is 21.1. The summed E-state index contributed by atoms with van der Waals surface area (Å²) in [5.41, 5.74) is 1.46. The van der Waals surface area contributed by atoms with Gasteiger partial charge in [-0.15, -0.1) is 0 Å². The Labute approximate surface area is 171 Å². The number of aliphatic hydroxyl groups is 1. The van der Waals surface area contributed by atoms with Gasteiger partial charge in [0.25, 0.3) is 6.01 Å². The number of aliphatic hydroxyl groups excluding tert-OH is 1. The van der Waals surface area contributed by atoms with Crippen molar-refractivity contribution in [2.45, 2.75) is 38.5 Å². The molecule has 7 nitrogen and oxygen atoms in total. The number of piperidine rings is 1. The van der Waals surface area contributed by atoms with Gasteiger partial charge in [-0.2, -0.15) is 4.98 Å². The van der Waals surface area contributed by atoms with E-state index in [1.54, 1.807) is 7.11 Å². The highest BCUT2D eigenvalue weighted by Gasteiger charge is 2.38. The molecule has 1 saturated carbocycles. The Morgan fingerprint density at radius 1 is 1.41 bits per heavy atom. The Kier molecular flexibility index (Phi) is 5.67. The van der Waals surface area contributed by atoms with E-state index in [1.807, 2.05) is 30.1 Å². The van der Waals surface area contributed by atoms with Crippen LogP contribution in [0.2, 0.25) is 0 Å². The molecule has 1 amide bonds. The number of anilines is 1. The maximum atomic E-state index is 12.8. The molecular weight excluding hydrogens is 370 g/mol. The Bertz CT molecular complexity index is 855. The van der Waals surface area contributed by atoms with Gasteiger partial charge in [-0.25, -0.2) is 0 Å². The van der Waals surface area contributed by atoms with Crippen molar-refractivity contribution in [3.8, 4) is 5.75 Å². The largest absolute Gasteiger partial charge is 0.497 e. The van der Waals surface area contributed by atoms with E-state index in [4.69, 9.17) is 9.15 Å².